The summed E-state index contributed by atoms with van der Waals surface area (Å²) < 4.78 is 0. The van der Waals surface area contributed by atoms with Crippen molar-refractivity contribution in [1.29, 1.82) is 0 Å². The monoisotopic (exact) mass is 194 g/mol. The minimum Gasteiger partial charge on any atom is -0.330 e. The minimum absolute atomic E-state index is 0.634. The Bertz CT molecular complexity index is 233. The molecule has 3 aliphatic heterocycles. The number of nitrogens with zero attached hydrogens (tertiary/aromatic N) is 1. The van der Waals surface area contributed by atoms with E-state index in [2.05, 4.69) is 18.7 Å². The molecule has 3 saturated heterocycles. The van der Waals surface area contributed by atoms with Gasteiger partial charge < -0.3 is 5.73 Å². The molecule has 0 aromatic rings. The summed E-state index contributed by atoms with van der Waals surface area (Å²) in [6.45, 7) is 5.69. The molecule has 3 aliphatic rings. The summed E-state index contributed by atoms with van der Waals surface area (Å²) in [4.78, 5) is 2.82. The van der Waals surface area contributed by atoms with Crippen molar-refractivity contribution >= 4 is 0 Å². The fraction of sp³-hybridized carbons (Fsp3) is 1.00. The summed E-state index contributed by atoms with van der Waals surface area (Å²) in [5.41, 5.74) is 6.42. The molecule has 0 aromatic heterocycles. The van der Waals surface area contributed by atoms with Crippen molar-refractivity contribution in [3.8, 4) is 0 Å². The molecule has 0 saturated carbocycles. The smallest absolute Gasteiger partial charge is 0.0268 e. The first-order valence-electron chi connectivity index (χ1n) is 6.16. The van der Waals surface area contributed by atoms with Crippen LogP contribution >= 0.6 is 0 Å². The van der Waals surface area contributed by atoms with Crippen molar-refractivity contribution < 1.29 is 0 Å². The van der Waals surface area contributed by atoms with Crippen molar-refractivity contribution in [2.24, 2.45) is 17.6 Å². The molecule has 0 amide bonds. The highest BCUT2D eigenvalue weighted by molar-refractivity contribution is 5.21. The third-order valence-corrected chi connectivity index (χ3v) is 5.10. The first kappa shape index (κ1) is 9.17. The van der Waals surface area contributed by atoms with E-state index in [1.807, 2.05) is 0 Å². The average molecular weight is 194 g/mol. The van der Waals surface area contributed by atoms with Crippen molar-refractivity contribution in [2.75, 3.05) is 6.54 Å². The highest BCUT2D eigenvalue weighted by atomic mass is 15.4. The van der Waals surface area contributed by atoms with Gasteiger partial charge in [-0.3, -0.25) is 4.90 Å². The van der Waals surface area contributed by atoms with Gasteiger partial charge in [0, 0.05) is 17.6 Å². The summed E-state index contributed by atoms with van der Waals surface area (Å²) in [5.74, 6) is 1.68. The fourth-order valence-corrected chi connectivity index (χ4v) is 4.33. The zero-order chi connectivity index (χ0) is 9.92. The predicted octanol–water partition coefficient (Wildman–Crippen LogP) is 1.60. The SMILES string of the molecule is CC(C)C12CC3CC(CN)CC(C1)N32. The Morgan fingerprint density at radius 2 is 1.86 bits per heavy atom. The first-order chi connectivity index (χ1) is 6.67. The zero-order valence-electron chi connectivity index (χ0n) is 9.37. The van der Waals surface area contributed by atoms with Crippen LogP contribution in [0.1, 0.15) is 39.5 Å². The second kappa shape index (κ2) is 2.73. The molecule has 0 aromatic carbocycles. The Labute approximate surface area is 86.8 Å². The van der Waals surface area contributed by atoms with Crippen LogP contribution in [0.25, 0.3) is 0 Å². The molecule has 3 rings (SSSR count). The Morgan fingerprint density at radius 1 is 1.29 bits per heavy atom. The second-order valence-corrected chi connectivity index (χ2v) is 5.95. The van der Waals surface area contributed by atoms with E-state index in [9.17, 15) is 0 Å². The van der Waals surface area contributed by atoms with Gasteiger partial charge in [0.2, 0.25) is 0 Å². The molecule has 3 fully saturated rings. The molecule has 3 heterocycles. The molecule has 2 N–H and O–H groups in total. The van der Waals surface area contributed by atoms with E-state index >= 15 is 0 Å². The Hall–Kier alpha value is -0.0800. The zero-order valence-corrected chi connectivity index (χ0v) is 9.37. The van der Waals surface area contributed by atoms with Crippen LogP contribution in [0.2, 0.25) is 0 Å². The maximum atomic E-state index is 5.79. The largest absolute Gasteiger partial charge is 0.330 e. The van der Waals surface area contributed by atoms with E-state index in [0.29, 0.717) is 5.54 Å². The van der Waals surface area contributed by atoms with Crippen LogP contribution in [0.3, 0.4) is 0 Å². The van der Waals surface area contributed by atoms with Crippen LogP contribution in [0.4, 0.5) is 0 Å². The quantitative estimate of drug-likeness (QED) is 0.723. The predicted molar refractivity (Wildman–Crippen MR) is 58.0 cm³/mol. The molecule has 2 unspecified atom stereocenters. The van der Waals surface area contributed by atoms with Crippen LogP contribution < -0.4 is 5.73 Å². The normalized spacial score (nSPS) is 51.0. The molecular formula is C12H22N2. The van der Waals surface area contributed by atoms with Crippen LogP contribution in [0.5, 0.6) is 0 Å². The lowest BCUT2D eigenvalue weighted by atomic mass is 9.54. The topological polar surface area (TPSA) is 29.3 Å². The van der Waals surface area contributed by atoms with E-state index in [-0.39, 0.29) is 0 Å². The number of nitrogens with two attached hydrogens (primary N) is 1. The molecule has 2 heteroatoms. The number of rotatable bonds is 2. The van der Waals surface area contributed by atoms with Gasteiger partial charge in [-0.05, 0) is 44.1 Å². The lowest BCUT2D eigenvalue weighted by Crippen LogP contribution is -2.82. The van der Waals surface area contributed by atoms with Crippen LogP contribution in [0.15, 0.2) is 0 Å². The van der Waals surface area contributed by atoms with E-state index in [4.69, 9.17) is 5.73 Å². The van der Waals surface area contributed by atoms with Gasteiger partial charge in [-0.2, -0.15) is 0 Å². The molecule has 80 valence electrons. The summed E-state index contributed by atoms with van der Waals surface area (Å²) >= 11 is 0. The highest BCUT2D eigenvalue weighted by Crippen LogP contribution is 2.60. The summed E-state index contributed by atoms with van der Waals surface area (Å²) in [7, 11) is 0. The van der Waals surface area contributed by atoms with Gasteiger partial charge in [0.15, 0.2) is 0 Å². The molecule has 14 heavy (non-hydrogen) atoms. The lowest BCUT2D eigenvalue weighted by molar-refractivity contribution is -0.246. The number of hydrogen-bond acceptors (Lipinski definition) is 2. The molecule has 0 spiro atoms. The van der Waals surface area contributed by atoms with Gasteiger partial charge in [-0.15, -0.1) is 0 Å². The van der Waals surface area contributed by atoms with E-state index in [1.54, 1.807) is 0 Å². The molecule has 0 aliphatic carbocycles. The third-order valence-electron chi connectivity index (χ3n) is 5.10. The van der Waals surface area contributed by atoms with Crippen LogP contribution in [0, 0.1) is 11.8 Å². The van der Waals surface area contributed by atoms with Crippen molar-refractivity contribution in [2.45, 2.75) is 57.2 Å². The van der Waals surface area contributed by atoms with Gasteiger partial charge in [-0.25, -0.2) is 0 Å². The second-order valence-electron chi connectivity index (χ2n) is 5.95. The molecule has 2 nitrogen and oxygen atoms in total. The lowest BCUT2D eigenvalue weighted by Gasteiger charge is -2.75. The van der Waals surface area contributed by atoms with Crippen molar-refractivity contribution in [3.63, 3.8) is 0 Å². The third kappa shape index (κ3) is 0.892. The van der Waals surface area contributed by atoms with Crippen molar-refractivity contribution in [1.82, 2.24) is 4.90 Å². The van der Waals surface area contributed by atoms with Crippen LogP contribution in [-0.4, -0.2) is 29.1 Å². The van der Waals surface area contributed by atoms with Gasteiger partial charge in [0.1, 0.15) is 0 Å². The first-order valence-corrected chi connectivity index (χ1v) is 6.16. The van der Waals surface area contributed by atoms with Gasteiger partial charge in [0.05, 0.1) is 0 Å². The van der Waals surface area contributed by atoms with Gasteiger partial charge in [-0.1, -0.05) is 13.8 Å². The number of piperidine rings is 2. The summed E-state index contributed by atoms with van der Waals surface area (Å²) in [5, 5.41) is 0. The highest BCUT2D eigenvalue weighted by Gasteiger charge is 2.65. The molecule has 2 atom stereocenters. The van der Waals surface area contributed by atoms with E-state index in [0.717, 1.165) is 30.5 Å². The summed E-state index contributed by atoms with van der Waals surface area (Å²) in [6.07, 6.45) is 5.66. The Morgan fingerprint density at radius 3 is 2.29 bits per heavy atom. The fourth-order valence-electron chi connectivity index (χ4n) is 4.33. The number of hydrogen-bond donors (Lipinski definition) is 1. The standard InChI is InChI=1S/C12H22N2/c1-8(2)12-5-10-3-9(7-13)4-11(6-12)14(10)12/h8-11H,3-7,13H2,1-2H3. The Balaban J connectivity index is 1.73. The van der Waals surface area contributed by atoms with Crippen LogP contribution in [-0.2, 0) is 0 Å². The average Bonchev–Trinajstić information content (AvgIpc) is 2.06. The maximum Gasteiger partial charge on any atom is 0.0268 e. The van der Waals surface area contributed by atoms with Crippen molar-refractivity contribution in [3.05, 3.63) is 0 Å². The van der Waals surface area contributed by atoms with Gasteiger partial charge in [0.25, 0.3) is 0 Å². The van der Waals surface area contributed by atoms with E-state index in [1.165, 1.54) is 25.7 Å². The molecule has 0 radical (unpaired) electrons. The minimum atomic E-state index is 0.634. The molecular weight excluding hydrogens is 172 g/mol. The Kier molecular flexibility index (Phi) is 1.79. The molecule has 0 bridgehead atoms. The van der Waals surface area contributed by atoms with Gasteiger partial charge >= 0.3 is 0 Å². The summed E-state index contributed by atoms with van der Waals surface area (Å²) in [6, 6.07) is 1.80. The maximum absolute atomic E-state index is 5.79. The van der Waals surface area contributed by atoms with E-state index < -0.39 is 0 Å².